The first kappa shape index (κ1) is 16.4. The smallest absolute Gasteiger partial charge is 0.223 e. The third kappa shape index (κ3) is 4.41. The van der Waals surface area contributed by atoms with Gasteiger partial charge in [-0.2, -0.15) is 0 Å². The Labute approximate surface area is 113 Å². The van der Waals surface area contributed by atoms with Gasteiger partial charge in [-0.3, -0.25) is 4.79 Å². The van der Waals surface area contributed by atoms with Crippen LogP contribution < -0.4 is 5.32 Å². The molecule has 1 amide bonds. The topological polar surface area (TPSA) is 107 Å². The lowest BCUT2D eigenvalue weighted by Gasteiger charge is -2.30. The normalized spacial score (nSPS) is 18.7. The van der Waals surface area contributed by atoms with Gasteiger partial charge in [-0.1, -0.05) is 0 Å². The van der Waals surface area contributed by atoms with Crippen LogP contribution in [0.2, 0.25) is 0 Å². The Morgan fingerprint density at radius 1 is 1.32 bits per heavy atom. The van der Waals surface area contributed by atoms with E-state index in [-0.39, 0.29) is 30.8 Å². The molecule has 3 N–H and O–H groups in total. The predicted octanol–water partition coefficient (Wildman–Crippen LogP) is -1.48. The summed E-state index contributed by atoms with van der Waals surface area (Å²) in [4.78, 5) is 11.9. The molecule has 1 aliphatic rings. The molecule has 0 saturated carbocycles. The van der Waals surface area contributed by atoms with Gasteiger partial charge in [0.1, 0.15) is 0 Å². The van der Waals surface area contributed by atoms with Crippen LogP contribution in [0, 0.1) is 5.92 Å². The van der Waals surface area contributed by atoms with Gasteiger partial charge in [0.2, 0.25) is 15.9 Å². The average Bonchev–Trinajstić information content (AvgIpc) is 2.44. The molecule has 0 aromatic rings. The number of piperidine rings is 1. The summed E-state index contributed by atoms with van der Waals surface area (Å²) in [5.41, 5.74) is 0. The van der Waals surface area contributed by atoms with E-state index in [1.807, 2.05) is 0 Å². The summed E-state index contributed by atoms with van der Waals surface area (Å²) in [5.74, 6) is -0.424. The van der Waals surface area contributed by atoms with Crippen molar-refractivity contribution >= 4 is 15.9 Å². The van der Waals surface area contributed by atoms with E-state index in [9.17, 15) is 13.2 Å². The minimum atomic E-state index is -3.18. The zero-order valence-electron chi connectivity index (χ0n) is 11.1. The molecule has 0 unspecified atom stereocenters. The van der Waals surface area contributed by atoms with E-state index >= 15 is 0 Å². The van der Waals surface area contributed by atoms with Crippen LogP contribution in [0.4, 0.5) is 0 Å². The highest BCUT2D eigenvalue weighted by Gasteiger charge is 2.30. The van der Waals surface area contributed by atoms with Crippen molar-refractivity contribution < 1.29 is 23.4 Å². The molecule has 0 aromatic carbocycles. The molecular formula is C11H22N2O5S. The number of hydrogen-bond donors (Lipinski definition) is 3. The van der Waals surface area contributed by atoms with Crippen LogP contribution in [0.3, 0.4) is 0 Å². The highest BCUT2D eigenvalue weighted by Crippen LogP contribution is 2.20. The van der Waals surface area contributed by atoms with Crippen molar-refractivity contribution in [2.24, 2.45) is 5.92 Å². The third-order valence-corrected chi connectivity index (χ3v) is 5.25. The SMILES string of the molecule is CCS(=O)(=O)N1CCC(C(=O)NC(CO)CO)CC1. The molecule has 1 rings (SSSR count). The van der Waals surface area contributed by atoms with E-state index in [0.717, 1.165) is 0 Å². The fraction of sp³-hybridized carbons (Fsp3) is 0.909. The number of rotatable bonds is 6. The second-order valence-corrected chi connectivity index (χ2v) is 6.90. The molecule has 0 spiro atoms. The lowest BCUT2D eigenvalue weighted by Crippen LogP contribution is -2.47. The van der Waals surface area contributed by atoms with Gasteiger partial charge in [0.25, 0.3) is 0 Å². The van der Waals surface area contributed by atoms with Gasteiger partial charge in [-0.25, -0.2) is 12.7 Å². The fourth-order valence-corrected chi connectivity index (χ4v) is 3.18. The molecule has 0 bridgehead atoms. The van der Waals surface area contributed by atoms with Crippen molar-refractivity contribution in [1.29, 1.82) is 0 Å². The number of carbonyl (C=O) groups is 1. The van der Waals surface area contributed by atoms with Crippen LogP contribution in [-0.2, 0) is 14.8 Å². The highest BCUT2D eigenvalue weighted by molar-refractivity contribution is 7.89. The standard InChI is InChI=1S/C11H22N2O5S/c1-2-19(17,18)13-5-3-9(4-6-13)11(16)12-10(7-14)8-15/h9-10,14-15H,2-8H2,1H3,(H,12,16). The summed E-state index contributed by atoms with van der Waals surface area (Å²) in [6.07, 6.45) is 0.934. The Morgan fingerprint density at radius 2 is 1.84 bits per heavy atom. The van der Waals surface area contributed by atoms with Gasteiger partial charge in [0.15, 0.2) is 0 Å². The van der Waals surface area contributed by atoms with Gasteiger partial charge in [-0.15, -0.1) is 0 Å². The van der Waals surface area contributed by atoms with Gasteiger partial charge < -0.3 is 15.5 Å². The van der Waals surface area contributed by atoms with Crippen LogP contribution in [-0.4, -0.2) is 66.9 Å². The second kappa shape index (κ2) is 7.18. The maximum absolute atomic E-state index is 11.9. The van der Waals surface area contributed by atoms with E-state index < -0.39 is 16.1 Å². The summed E-state index contributed by atoms with van der Waals surface area (Å²) in [6.45, 7) is 1.66. The summed E-state index contributed by atoms with van der Waals surface area (Å²) < 4.78 is 24.7. The van der Waals surface area contributed by atoms with E-state index in [2.05, 4.69) is 5.32 Å². The van der Waals surface area contributed by atoms with Crippen molar-refractivity contribution in [2.75, 3.05) is 32.1 Å². The fourth-order valence-electron chi connectivity index (χ4n) is 2.05. The number of carbonyl (C=O) groups excluding carboxylic acids is 1. The third-order valence-electron chi connectivity index (χ3n) is 3.37. The second-order valence-electron chi connectivity index (χ2n) is 4.64. The summed E-state index contributed by atoms with van der Waals surface area (Å²) in [6, 6.07) is -0.648. The van der Waals surface area contributed by atoms with Crippen LogP contribution in [0.1, 0.15) is 19.8 Å². The maximum atomic E-state index is 11.9. The largest absolute Gasteiger partial charge is 0.394 e. The van der Waals surface area contributed by atoms with Gasteiger partial charge in [-0.05, 0) is 19.8 Å². The molecule has 0 aliphatic carbocycles. The zero-order chi connectivity index (χ0) is 14.5. The number of hydrogen-bond acceptors (Lipinski definition) is 5. The Morgan fingerprint density at radius 3 is 2.26 bits per heavy atom. The minimum Gasteiger partial charge on any atom is -0.394 e. The number of amides is 1. The molecule has 0 aromatic heterocycles. The monoisotopic (exact) mass is 294 g/mol. The summed E-state index contributed by atoms with van der Waals surface area (Å²) in [5, 5.41) is 20.3. The number of nitrogens with one attached hydrogen (secondary N) is 1. The molecule has 19 heavy (non-hydrogen) atoms. The number of sulfonamides is 1. The van der Waals surface area contributed by atoms with Gasteiger partial charge >= 0.3 is 0 Å². The Kier molecular flexibility index (Phi) is 6.18. The summed E-state index contributed by atoms with van der Waals surface area (Å²) in [7, 11) is -3.18. The van der Waals surface area contributed by atoms with Crippen molar-refractivity contribution in [2.45, 2.75) is 25.8 Å². The van der Waals surface area contributed by atoms with Crippen LogP contribution in [0.5, 0.6) is 0 Å². The van der Waals surface area contributed by atoms with Crippen molar-refractivity contribution in [3.05, 3.63) is 0 Å². The molecular weight excluding hydrogens is 272 g/mol. The van der Waals surface area contributed by atoms with E-state index in [4.69, 9.17) is 10.2 Å². The quantitative estimate of drug-likeness (QED) is 0.554. The predicted molar refractivity (Wildman–Crippen MR) is 69.9 cm³/mol. The Balaban J connectivity index is 2.48. The molecule has 1 heterocycles. The van der Waals surface area contributed by atoms with Crippen molar-refractivity contribution in [3.63, 3.8) is 0 Å². The lowest BCUT2D eigenvalue weighted by molar-refractivity contribution is -0.127. The van der Waals surface area contributed by atoms with E-state index in [1.165, 1.54) is 4.31 Å². The van der Waals surface area contributed by atoms with Crippen LogP contribution in [0.15, 0.2) is 0 Å². The molecule has 1 saturated heterocycles. The van der Waals surface area contributed by atoms with E-state index in [1.54, 1.807) is 6.92 Å². The number of nitrogens with zero attached hydrogens (tertiary/aromatic N) is 1. The molecule has 8 heteroatoms. The van der Waals surface area contributed by atoms with Crippen molar-refractivity contribution in [1.82, 2.24) is 9.62 Å². The Hall–Kier alpha value is -0.700. The van der Waals surface area contributed by atoms with Crippen LogP contribution in [0.25, 0.3) is 0 Å². The number of aliphatic hydroxyl groups excluding tert-OH is 2. The first-order chi connectivity index (χ1) is 8.94. The van der Waals surface area contributed by atoms with Crippen LogP contribution >= 0.6 is 0 Å². The van der Waals surface area contributed by atoms with Gasteiger partial charge in [0.05, 0.1) is 25.0 Å². The first-order valence-electron chi connectivity index (χ1n) is 6.44. The van der Waals surface area contributed by atoms with Gasteiger partial charge in [0, 0.05) is 19.0 Å². The molecule has 7 nitrogen and oxygen atoms in total. The Bertz CT molecular complexity index is 386. The van der Waals surface area contributed by atoms with Crippen molar-refractivity contribution in [3.8, 4) is 0 Å². The first-order valence-corrected chi connectivity index (χ1v) is 8.05. The molecule has 0 atom stereocenters. The summed E-state index contributed by atoms with van der Waals surface area (Å²) >= 11 is 0. The lowest BCUT2D eigenvalue weighted by atomic mass is 9.97. The molecule has 112 valence electrons. The molecule has 1 fully saturated rings. The number of aliphatic hydroxyl groups is 2. The molecule has 1 aliphatic heterocycles. The maximum Gasteiger partial charge on any atom is 0.223 e. The van der Waals surface area contributed by atoms with E-state index in [0.29, 0.717) is 25.9 Å². The highest BCUT2D eigenvalue weighted by atomic mass is 32.2. The minimum absolute atomic E-state index is 0.0704. The molecule has 0 radical (unpaired) electrons. The zero-order valence-corrected chi connectivity index (χ0v) is 11.9. The average molecular weight is 294 g/mol.